The Morgan fingerprint density at radius 1 is 0.810 bits per heavy atom. The maximum absolute atomic E-state index is 12.9. The molecule has 110 valence electrons. The van der Waals surface area contributed by atoms with Crippen LogP contribution in [0.2, 0.25) is 0 Å². The average Bonchev–Trinajstić information content (AvgIpc) is 2.43. The lowest BCUT2D eigenvalue weighted by atomic mass is 9.80. The van der Waals surface area contributed by atoms with E-state index in [2.05, 4.69) is 0 Å². The Morgan fingerprint density at radius 2 is 1.33 bits per heavy atom. The minimum Gasteiger partial charge on any atom is -0.490 e. The second-order valence-electron chi connectivity index (χ2n) is 4.24. The van der Waals surface area contributed by atoms with Gasteiger partial charge < -0.3 is 19.5 Å². The van der Waals surface area contributed by atoms with E-state index in [0.29, 0.717) is 11.2 Å². The van der Waals surface area contributed by atoms with E-state index in [-0.39, 0.29) is 19.0 Å². The first-order valence-corrected chi connectivity index (χ1v) is 6.22. The Labute approximate surface area is 120 Å². The summed E-state index contributed by atoms with van der Waals surface area (Å²) in [5.41, 5.74) is 0.355. The third-order valence-corrected chi connectivity index (χ3v) is 2.64. The highest BCUT2D eigenvalue weighted by atomic mass is 19.1. The van der Waals surface area contributed by atoms with Crippen molar-refractivity contribution < 1.29 is 28.3 Å². The van der Waals surface area contributed by atoms with Crippen LogP contribution in [0.1, 0.15) is 0 Å². The summed E-state index contributed by atoms with van der Waals surface area (Å²) in [4.78, 5) is 0. The highest BCUT2D eigenvalue weighted by Crippen LogP contribution is 2.15. The molecule has 4 nitrogen and oxygen atoms in total. The maximum Gasteiger partial charge on any atom is 0.488 e. The Hall–Kier alpha value is -2.12. The third-order valence-electron chi connectivity index (χ3n) is 2.64. The number of halogens is 2. The molecule has 2 N–H and O–H groups in total. The van der Waals surface area contributed by atoms with Crippen molar-refractivity contribution in [1.29, 1.82) is 0 Å². The third kappa shape index (κ3) is 4.73. The molecule has 0 saturated carbocycles. The molecule has 0 spiro atoms. The van der Waals surface area contributed by atoms with Gasteiger partial charge in [0.05, 0.1) is 0 Å². The van der Waals surface area contributed by atoms with Crippen LogP contribution >= 0.6 is 0 Å². The second-order valence-corrected chi connectivity index (χ2v) is 4.24. The molecule has 2 rings (SSSR count). The van der Waals surface area contributed by atoms with Crippen molar-refractivity contribution in [3.8, 4) is 11.5 Å². The fraction of sp³-hybridized carbons (Fsp3) is 0.143. The molecule has 7 heteroatoms. The van der Waals surface area contributed by atoms with Crippen LogP contribution in [0.25, 0.3) is 0 Å². The summed E-state index contributed by atoms with van der Waals surface area (Å²) >= 11 is 0. The van der Waals surface area contributed by atoms with E-state index in [1.807, 2.05) is 0 Å². The molecule has 0 atom stereocenters. The summed E-state index contributed by atoms with van der Waals surface area (Å²) in [6.45, 7) is 0.298. The molecule has 2 aromatic rings. The Kier molecular flexibility index (Phi) is 5.13. The van der Waals surface area contributed by atoms with Gasteiger partial charge in [0.25, 0.3) is 0 Å². The van der Waals surface area contributed by atoms with Crippen LogP contribution in [0, 0.1) is 11.6 Å². The molecule has 0 saturated heterocycles. The summed E-state index contributed by atoms with van der Waals surface area (Å²) in [7, 11) is -1.52. The lowest BCUT2D eigenvalue weighted by molar-refractivity contribution is 0.216. The van der Waals surface area contributed by atoms with Gasteiger partial charge >= 0.3 is 7.12 Å². The number of rotatable bonds is 6. The van der Waals surface area contributed by atoms with Gasteiger partial charge in [-0.2, -0.15) is 0 Å². The first-order valence-electron chi connectivity index (χ1n) is 6.22. The minimum absolute atomic E-state index is 0.0925. The Morgan fingerprint density at radius 3 is 1.86 bits per heavy atom. The van der Waals surface area contributed by atoms with Crippen molar-refractivity contribution >= 4 is 12.6 Å². The van der Waals surface area contributed by atoms with Gasteiger partial charge in [-0.1, -0.05) is 12.1 Å². The summed E-state index contributed by atoms with van der Waals surface area (Å²) in [6, 6.07) is 9.13. The first-order chi connectivity index (χ1) is 10.0. The van der Waals surface area contributed by atoms with Crippen molar-refractivity contribution in [2.45, 2.75) is 0 Å². The van der Waals surface area contributed by atoms with Gasteiger partial charge in [-0.25, -0.2) is 8.78 Å². The molecule has 0 unspecified atom stereocenters. The van der Waals surface area contributed by atoms with Gasteiger partial charge in [0, 0.05) is 18.2 Å². The zero-order valence-corrected chi connectivity index (χ0v) is 11.0. The number of ether oxygens (including phenoxy) is 2. The van der Waals surface area contributed by atoms with Gasteiger partial charge in [-0.05, 0) is 17.6 Å². The van der Waals surface area contributed by atoms with Gasteiger partial charge in [-0.3, -0.25) is 0 Å². The van der Waals surface area contributed by atoms with Gasteiger partial charge in [0.1, 0.15) is 36.3 Å². The number of hydrogen-bond donors (Lipinski definition) is 2. The van der Waals surface area contributed by atoms with Gasteiger partial charge in [0.2, 0.25) is 0 Å². The quantitative estimate of drug-likeness (QED) is 0.619. The highest BCUT2D eigenvalue weighted by molar-refractivity contribution is 6.58. The van der Waals surface area contributed by atoms with E-state index >= 15 is 0 Å². The molecular weight excluding hydrogens is 281 g/mol. The Bertz CT molecular complexity index is 570. The van der Waals surface area contributed by atoms with Crippen molar-refractivity contribution in [1.82, 2.24) is 0 Å². The number of benzene rings is 2. The molecule has 2 aromatic carbocycles. The SMILES string of the molecule is OB(O)c1ccc(OCCOc2cc(F)cc(F)c2)cc1. The second kappa shape index (κ2) is 7.05. The van der Waals surface area contributed by atoms with Crippen LogP contribution in [-0.2, 0) is 0 Å². The molecule has 0 bridgehead atoms. The first kappa shape index (κ1) is 15.3. The Balaban J connectivity index is 1.79. The standard InChI is InChI=1S/C14H13BF2O4/c16-11-7-12(17)9-14(8-11)21-6-5-20-13-3-1-10(2-4-13)15(18)19/h1-4,7-9,18-19H,5-6H2. The monoisotopic (exact) mass is 294 g/mol. The lowest BCUT2D eigenvalue weighted by Gasteiger charge is -2.09. The number of hydrogen-bond acceptors (Lipinski definition) is 4. The zero-order valence-electron chi connectivity index (χ0n) is 11.0. The van der Waals surface area contributed by atoms with Crippen LogP contribution < -0.4 is 14.9 Å². The fourth-order valence-electron chi connectivity index (χ4n) is 1.67. The zero-order chi connectivity index (χ0) is 15.2. The van der Waals surface area contributed by atoms with Gasteiger partial charge in [-0.15, -0.1) is 0 Å². The summed E-state index contributed by atoms with van der Waals surface area (Å²) < 4.78 is 36.3. The summed E-state index contributed by atoms with van der Waals surface area (Å²) in [6.07, 6.45) is 0. The molecular formula is C14H13BF2O4. The van der Waals surface area contributed by atoms with Crippen LogP contribution in [0.4, 0.5) is 8.78 Å². The van der Waals surface area contributed by atoms with Crippen molar-refractivity contribution in [3.63, 3.8) is 0 Å². The molecule has 0 amide bonds. The molecule has 0 radical (unpaired) electrons. The van der Waals surface area contributed by atoms with Gasteiger partial charge in [0.15, 0.2) is 0 Å². The van der Waals surface area contributed by atoms with E-state index < -0.39 is 18.8 Å². The van der Waals surface area contributed by atoms with E-state index in [1.54, 1.807) is 12.1 Å². The average molecular weight is 294 g/mol. The summed E-state index contributed by atoms with van der Waals surface area (Å²) in [5.74, 6) is -0.795. The molecule has 0 heterocycles. The van der Waals surface area contributed by atoms with Crippen LogP contribution in [0.5, 0.6) is 11.5 Å². The highest BCUT2D eigenvalue weighted by Gasteiger charge is 2.09. The van der Waals surface area contributed by atoms with Crippen LogP contribution in [-0.4, -0.2) is 30.4 Å². The minimum atomic E-state index is -1.52. The van der Waals surface area contributed by atoms with E-state index in [0.717, 1.165) is 18.2 Å². The van der Waals surface area contributed by atoms with E-state index in [9.17, 15) is 8.78 Å². The van der Waals surface area contributed by atoms with Crippen LogP contribution in [0.3, 0.4) is 0 Å². The predicted molar refractivity (Wildman–Crippen MR) is 73.6 cm³/mol. The lowest BCUT2D eigenvalue weighted by Crippen LogP contribution is -2.29. The summed E-state index contributed by atoms with van der Waals surface area (Å²) in [5, 5.41) is 17.9. The molecule has 0 aliphatic rings. The molecule has 21 heavy (non-hydrogen) atoms. The van der Waals surface area contributed by atoms with E-state index in [1.165, 1.54) is 12.1 Å². The largest absolute Gasteiger partial charge is 0.490 e. The van der Waals surface area contributed by atoms with E-state index in [4.69, 9.17) is 19.5 Å². The van der Waals surface area contributed by atoms with Crippen LogP contribution in [0.15, 0.2) is 42.5 Å². The molecule has 0 aromatic heterocycles. The molecule has 0 fully saturated rings. The molecule has 0 aliphatic heterocycles. The topological polar surface area (TPSA) is 58.9 Å². The van der Waals surface area contributed by atoms with Crippen molar-refractivity contribution in [2.75, 3.05) is 13.2 Å². The smallest absolute Gasteiger partial charge is 0.488 e. The fourth-order valence-corrected chi connectivity index (χ4v) is 1.67. The normalized spacial score (nSPS) is 10.3. The molecule has 0 aliphatic carbocycles. The predicted octanol–water partition coefficient (Wildman–Crippen LogP) is 1.10. The van der Waals surface area contributed by atoms with Crippen molar-refractivity contribution in [3.05, 3.63) is 54.1 Å². The maximum atomic E-state index is 12.9. The van der Waals surface area contributed by atoms with Crippen molar-refractivity contribution in [2.24, 2.45) is 0 Å².